The minimum absolute atomic E-state index is 0.0863. The van der Waals surface area contributed by atoms with Crippen LogP contribution in [-0.4, -0.2) is 32.5 Å². The van der Waals surface area contributed by atoms with Gasteiger partial charge in [0, 0.05) is 17.8 Å². The van der Waals surface area contributed by atoms with Crippen LogP contribution >= 0.6 is 11.3 Å². The molecular weight excluding hydrogens is 238 g/mol. The summed E-state index contributed by atoms with van der Waals surface area (Å²) >= 11 is 1.53. The topological polar surface area (TPSA) is 66.6 Å². The summed E-state index contributed by atoms with van der Waals surface area (Å²) in [5, 5.41) is 13.8. The van der Waals surface area contributed by atoms with Gasteiger partial charge in [-0.05, 0) is 13.8 Å². The third-order valence-electron chi connectivity index (χ3n) is 2.36. The number of hydrogen-bond donors (Lipinski definition) is 2. The average molecular weight is 253 g/mol. The molecule has 0 atom stereocenters. The van der Waals surface area contributed by atoms with Crippen molar-refractivity contribution in [3.05, 3.63) is 23.5 Å². The summed E-state index contributed by atoms with van der Waals surface area (Å²) in [5.41, 5.74) is 0.150. The molecule has 2 N–H and O–H groups in total. The number of aliphatic hydroxyl groups is 1. The van der Waals surface area contributed by atoms with E-state index in [2.05, 4.69) is 10.3 Å². The smallest absolute Gasteiger partial charge is 0.226 e. The summed E-state index contributed by atoms with van der Waals surface area (Å²) in [6.07, 6.45) is 3.99. The summed E-state index contributed by atoms with van der Waals surface area (Å²) in [6.45, 7) is 3.46. The molecule has 2 rings (SSSR count). The second-order valence-electron chi connectivity index (χ2n) is 4.59. The molecule has 1 amide bonds. The molecule has 0 aliphatic heterocycles. The summed E-state index contributed by atoms with van der Waals surface area (Å²) < 4.78 is 1.89. The summed E-state index contributed by atoms with van der Waals surface area (Å²) in [4.78, 5) is 16.9. The van der Waals surface area contributed by atoms with Crippen molar-refractivity contribution in [1.82, 2.24) is 14.7 Å². The number of rotatable bonds is 4. The second kappa shape index (κ2) is 4.46. The van der Waals surface area contributed by atoms with Gasteiger partial charge in [0.25, 0.3) is 0 Å². The number of aromatic nitrogens is 2. The van der Waals surface area contributed by atoms with Crippen molar-refractivity contribution >= 4 is 22.2 Å². The molecule has 0 bridgehead atoms. The van der Waals surface area contributed by atoms with Gasteiger partial charge in [0.1, 0.15) is 0 Å². The first-order valence-corrected chi connectivity index (χ1v) is 6.21. The van der Waals surface area contributed by atoms with Crippen LogP contribution in [0.15, 0.2) is 17.8 Å². The van der Waals surface area contributed by atoms with Gasteiger partial charge in [-0.25, -0.2) is 4.98 Å². The van der Waals surface area contributed by atoms with E-state index in [4.69, 9.17) is 5.11 Å². The van der Waals surface area contributed by atoms with Crippen molar-refractivity contribution in [2.24, 2.45) is 0 Å². The van der Waals surface area contributed by atoms with E-state index >= 15 is 0 Å². The van der Waals surface area contributed by atoms with Crippen LogP contribution in [-0.2, 0) is 11.2 Å². The summed E-state index contributed by atoms with van der Waals surface area (Å²) in [6, 6.07) is 0. The molecule has 17 heavy (non-hydrogen) atoms. The van der Waals surface area contributed by atoms with E-state index in [1.54, 1.807) is 13.8 Å². The molecule has 2 aromatic heterocycles. The van der Waals surface area contributed by atoms with Crippen LogP contribution in [0.3, 0.4) is 0 Å². The zero-order valence-electron chi connectivity index (χ0n) is 9.80. The predicted octanol–water partition coefficient (Wildman–Crippen LogP) is 0.825. The fraction of sp³-hybridized carbons (Fsp3) is 0.455. The normalized spacial score (nSPS) is 11.9. The van der Waals surface area contributed by atoms with Gasteiger partial charge in [-0.15, -0.1) is 11.3 Å². The minimum atomic E-state index is -0.589. The maximum Gasteiger partial charge on any atom is 0.226 e. The molecule has 0 spiro atoms. The number of thiazole rings is 1. The lowest BCUT2D eigenvalue weighted by atomic mass is 10.1. The van der Waals surface area contributed by atoms with Gasteiger partial charge < -0.3 is 10.4 Å². The standard InChI is InChI=1S/C11H15N3O2S/c1-11(2,7-15)13-9(16)5-8-6-14-3-4-17-10(14)12-8/h3-4,6,15H,5,7H2,1-2H3,(H,13,16). The molecule has 0 radical (unpaired) electrons. The van der Waals surface area contributed by atoms with E-state index in [-0.39, 0.29) is 18.9 Å². The number of amides is 1. The van der Waals surface area contributed by atoms with Crippen LogP contribution in [0.25, 0.3) is 4.96 Å². The highest BCUT2D eigenvalue weighted by molar-refractivity contribution is 7.15. The third kappa shape index (κ3) is 2.83. The van der Waals surface area contributed by atoms with Crippen molar-refractivity contribution in [2.75, 3.05) is 6.61 Å². The van der Waals surface area contributed by atoms with Crippen LogP contribution < -0.4 is 5.32 Å². The lowest BCUT2D eigenvalue weighted by Crippen LogP contribution is -2.46. The molecule has 0 aromatic carbocycles. The minimum Gasteiger partial charge on any atom is -0.394 e. The van der Waals surface area contributed by atoms with Crippen LogP contribution in [0.2, 0.25) is 0 Å². The number of carbonyl (C=O) groups is 1. The average Bonchev–Trinajstić information content (AvgIpc) is 2.76. The Kier molecular flexibility index (Phi) is 3.17. The van der Waals surface area contributed by atoms with Gasteiger partial charge >= 0.3 is 0 Å². The highest BCUT2D eigenvalue weighted by Gasteiger charge is 2.19. The van der Waals surface area contributed by atoms with E-state index in [0.717, 1.165) is 10.7 Å². The molecule has 0 unspecified atom stereocenters. The summed E-state index contributed by atoms with van der Waals surface area (Å²) in [5.74, 6) is -0.130. The lowest BCUT2D eigenvalue weighted by Gasteiger charge is -2.23. The Hall–Kier alpha value is -1.40. The van der Waals surface area contributed by atoms with E-state index in [1.165, 1.54) is 11.3 Å². The maximum atomic E-state index is 11.7. The molecule has 2 heterocycles. The van der Waals surface area contributed by atoms with E-state index < -0.39 is 5.54 Å². The number of nitrogens with one attached hydrogen (secondary N) is 1. The van der Waals surface area contributed by atoms with Crippen LogP contribution in [0.5, 0.6) is 0 Å². The van der Waals surface area contributed by atoms with Gasteiger partial charge in [0.15, 0.2) is 4.96 Å². The van der Waals surface area contributed by atoms with Crippen LogP contribution in [0.4, 0.5) is 0 Å². The number of hydrogen-bond acceptors (Lipinski definition) is 4. The van der Waals surface area contributed by atoms with Gasteiger partial charge in [0.05, 0.1) is 24.3 Å². The first-order valence-electron chi connectivity index (χ1n) is 5.33. The van der Waals surface area contributed by atoms with Crippen molar-refractivity contribution in [2.45, 2.75) is 25.8 Å². The van der Waals surface area contributed by atoms with Gasteiger partial charge in [-0.2, -0.15) is 0 Å². The zero-order valence-corrected chi connectivity index (χ0v) is 10.6. The predicted molar refractivity (Wildman–Crippen MR) is 66.1 cm³/mol. The van der Waals surface area contributed by atoms with Gasteiger partial charge in [-0.3, -0.25) is 9.20 Å². The lowest BCUT2D eigenvalue weighted by molar-refractivity contribution is -0.122. The molecule has 0 fully saturated rings. The Morgan fingerprint density at radius 1 is 1.65 bits per heavy atom. The van der Waals surface area contributed by atoms with Crippen molar-refractivity contribution in [3.8, 4) is 0 Å². The van der Waals surface area contributed by atoms with Gasteiger partial charge in [0.2, 0.25) is 5.91 Å². The number of imidazole rings is 1. The highest BCUT2D eigenvalue weighted by atomic mass is 32.1. The van der Waals surface area contributed by atoms with Gasteiger partial charge in [-0.1, -0.05) is 0 Å². The zero-order chi connectivity index (χ0) is 12.5. The maximum absolute atomic E-state index is 11.7. The van der Waals surface area contributed by atoms with Crippen molar-refractivity contribution in [1.29, 1.82) is 0 Å². The summed E-state index contributed by atoms with van der Waals surface area (Å²) in [7, 11) is 0. The number of aliphatic hydroxyl groups excluding tert-OH is 1. The Morgan fingerprint density at radius 3 is 3.06 bits per heavy atom. The molecule has 2 aromatic rings. The fourth-order valence-electron chi connectivity index (χ4n) is 1.49. The quantitative estimate of drug-likeness (QED) is 0.848. The van der Waals surface area contributed by atoms with Crippen molar-refractivity contribution in [3.63, 3.8) is 0 Å². The third-order valence-corrected chi connectivity index (χ3v) is 3.13. The largest absolute Gasteiger partial charge is 0.394 e. The molecular formula is C11H15N3O2S. The molecule has 6 heteroatoms. The molecule has 0 aliphatic rings. The molecule has 0 saturated carbocycles. The molecule has 92 valence electrons. The number of nitrogens with zero attached hydrogens (tertiary/aromatic N) is 2. The second-order valence-corrected chi connectivity index (χ2v) is 5.47. The van der Waals surface area contributed by atoms with Crippen LogP contribution in [0.1, 0.15) is 19.5 Å². The first kappa shape index (κ1) is 12.1. The Labute approximate surface area is 103 Å². The Morgan fingerprint density at radius 2 is 2.41 bits per heavy atom. The highest BCUT2D eigenvalue weighted by Crippen LogP contribution is 2.12. The monoisotopic (exact) mass is 253 g/mol. The Bertz CT molecular complexity index is 501. The SMILES string of the molecule is CC(C)(CO)NC(=O)Cc1cn2ccsc2n1. The fourth-order valence-corrected chi connectivity index (χ4v) is 2.21. The first-order chi connectivity index (χ1) is 8.00. The van der Waals surface area contributed by atoms with Crippen molar-refractivity contribution < 1.29 is 9.90 Å². The number of fused-ring (bicyclic) bond motifs is 1. The van der Waals surface area contributed by atoms with E-state index in [1.807, 2.05) is 22.2 Å². The molecule has 0 aliphatic carbocycles. The molecule has 0 saturated heterocycles. The van der Waals surface area contributed by atoms with E-state index in [0.29, 0.717) is 0 Å². The Balaban J connectivity index is 2.01. The van der Waals surface area contributed by atoms with Crippen LogP contribution in [0, 0.1) is 0 Å². The number of carbonyl (C=O) groups excluding carboxylic acids is 1. The van der Waals surface area contributed by atoms with E-state index in [9.17, 15) is 4.79 Å². The molecule has 5 nitrogen and oxygen atoms in total.